The van der Waals surface area contributed by atoms with Gasteiger partial charge in [0.2, 0.25) is 5.91 Å². The van der Waals surface area contributed by atoms with Crippen LogP contribution in [0.15, 0.2) is 12.1 Å². The third-order valence-corrected chi connectivity index (χ3v) is 5.58. The van der Waals surface area contributed by atoms with Gasteiger partial charge in [0.05, 0.1) is 20.6 Å². The summed E-state index contributed by atoms with van der Waals surface area (Å²) in [6, 6.07) is 4.17. The molecule has 1 heterocycles. The van der Waals surface area contributed by atoms with Gasteiger partial charge in [0.1, 0.15) is 0 Å². The average molecular weight is 392 g/mol. The Balaban J connectivity index is 2.39. The molecule has 0 N–H and O–H groups in total. The monoisotopic (exact) mass is 391 g/mol. The molecule has 1 aromatic rings. The number of methoxy groups -OCH3 is 1. The molecule has 28 heavy (non-hydrogen) atoms. The van der Waals surface area contributed by atoms with Crippen LogP contribution in [0.25, 0.3) is 0 Å². The number of nitrogens with zero attached hydrogens (tertiary/aromatic N) is 3. The van der Waals surface area contributed by atoms with Gasteiger partial charge >= 0.3 is 5.97 Å². The number of carbonyl (C=O) groups is 2. The molecule has 0 aromatic heterocycles. The van der Waals surface area contributed by atoms with Gasteiger partial charge in [-0.1, -0.05) is 17.7 Å². The number of carbonyl (C=O) groups excluding carboxylic acids is 2. The van der Waals surface area contributed by atoms with Gasteiger partial charge in [-0.15, -0.1) is 0 Å². The van der Waals surface area contributed by atoms with Crippen LogP contribution < -0.4 is 0 Å². The molecule has 0 bridgehead atoms. The first kappa shape index (κ1) is 22.3. The molecule has 0 saturated carbocycles. The van der Waals surface area contributed by atoms with E-state index in [-0.39, 0.29) is 18.3 Å². The topological polar surface area (TPSA) is 62.3 Å². The Bertz CT molecular complexity index is 701. The Morgan fingerprint density at radius 3 is 2.04 bits per heavy atom. The lowest BCUT2D eigenvalue weighted by molar-refractivity contribution is -0.203. The highest BCUT2D eigenvalue weighted by molar-refractivity contribution is 5.89. The summed E-state index contributed by atoms with van der Waals surface area (Å²) >= 11 is 0. The van der Waals surface area contributed by atoms with Gasteiger partial charge in [-0.05, 0) is 50.3 Å². The largest absolute Gasteiger partial charge is 0.467 e. The van der Waals surface area contributed by atoms with Crippen molar-refractivity contribution in [3.63, 3.8) is 0 Å². The highest BCUT2D eigenvalue weighted by Crippen LogP contribution is 2.32. The second-order valence-corrected chi connectivity index (χ2v) is 7.74. The van der Waals surface area contributed by atoms with Crippen molar-refractivity contribution >= 4 is 11.9 Å². The third-order valence-electron chi connectivity index (χ3n) is 5.58. The first-order valence-corrected chi connectivity index (χ1v) is 9.60. The van der Waals surface area contributed by atoms with Crippen LogP contribution >= 0.6 is 0 Å². The smallest absolute Gasteiger partial charge is 0.333 e. The van der Waals surface area contributed by atoms with Crippen LogP contribution in [0.1, 0.15) is 35.1 Å². The maximum absolute atomic E-state index is 13.5. The van der Waals surface area contributed by atoms with E-state index in [4.69, 9.17) is 9.57 Å². The number of piperidine rings is 1. The van der Waals surface area contributed by atoms with E-state index < -0.39 is 5.54 Å². The van der Waals surface area contributed by atoms with Crippen LogP contribution in [-0.2, 0) is 25.6 Å². The minimum Gasteiger partial charge on any atom is -0.467 e. The zero-order valence-electron chi connectivity index (χ0n) is 18.2. The summed E-state index contributed by atoms with van der Waals surface area (Å²) in [5.74, 6) is -0.501. The molecule has 0 unspecified atom stereocenters. The maximum Gasteiger partial charge on any atom is 0.333 e. The molecule has 0 atom stereocenters. The van der Waals surface area contributed by atoms with Crippen LogP contribution in [0.4, 0.5) is 0 Å². The molecule has 1 saturated heterocycles. The van der Waals surface area contributed by atoms with Crippen LogP contribution in [-0.4, -0.2) is 73.9 Å². The van der Waals surface area contributed by atoms with Crippen molar-refractivity contribution in [3.05, 3.63) is 34.4 Å². The molecule has 1 fully saturated rings. The molecule has 0 spiro atoms. The van der Waals surface area contributed by atoms with E-state index >= 15 is 0 Å². The Labute approximate surface area is 168 Å². The highest BCUT2D eigenvalue weighted by atomic mass is 16.7. The number of hydrogen-bond acceptors (Lipinski definition) is 6. The van der Waals surface area contributed by atoms with Gasteiger partial charge in [-0.25, -0.2) is 9.80 Å². The summed E-state index contributed by atoms with van der Waals surface area (Å²) in [7, 11) is 6.57. The quantitative estimate of drug-likeness (QED) is 0.546. The van der Waals surface area contributed by atoms with Crippen molar-refractivity contribution in [3.8, 4) is 0 Å². The number of ether oxygens (including phenoxy) is 1. The highest BCUT2D eigenvalue weighted by Gasteiger charge is 2.50. The van der Waals surface area contributed by atoms with Gasteiger partial charge < -0.3 is 9.57 Å². The van der Waals surface area contributed by atoms with Crippen LogP contribution in [0, 0.1) is 20.8 Å². The molecule has 1 amide bonds. The van der Waals surface area contributed by atoms with Crippen molar-refractivity contribution < 1.29 is 19.2 Å². The number of esters is 1. The van der Waals surface area contributed by atoms with Gasteiger partial charge in [0.25, 0.3) is 0 Å². The summed E-state index contributed by atoms with van der Waals surface area (Å²) in [5, 5.41) is 5.10. The predicted molar refractivity (Wildman–Crippen MR) is 107 cm³/mol. The van der Waals surface area contributed by atoms with E-state index in [9.17, 15) is 9.59 Å². The van der Waals surface area contributed by atoms with E-state index in [1.165, 1.54) is 12.7 Å². The lowest BCUT2D eigenvalue weighted by Gasteiger charge is -2.48. The number of benzene rings is 1. The Morgan fingerprint density at radius 1 is 1.07 bits per heavy atom. The number of hydrazine groups is 1. The fourth-order valence-corrected chi connectivity index (χ4v) is 4.29. The normalized spacial score (nSPS) is 16.9. The van der Waals surface area contributed by atoms with Crippen molar-refractivity contribution in [1.82, 2.24) is 15.1 Å². The van der Waals surface area contributed by atoms with Gasteiger partial charge in [-0.2, -0.15) is 5.06 Å². The molecular formula is C21H33N3O4. The molecule has 2 rings (SSSR count). The third kappa shape index (κ3) is 4.37. The van der Waals surface area contributed by atoms with E-state index in [0.717, 1.165) is 16.7 Å². The van der Waals surface area contributed by atoms with E-state index in [0.29, 0.717) is 25.9 Å². The van der Waals surface area contributed by atoms with E-state index in [1.54, 1.807) is 36.3 Å². The van der Waals surface area contributed by atoms with Crippen LogP contribution in [0.3, 0.4) is 0 Å². The van der Waals surface area contributed by atoms with Crippen molar-refractivity contribution in [2.75, 3.05) is 41.4 Å². The zero-order valence-corrected chi connectivity index (χ0v) is 18.2. The summed E-state index contributed by atoms with van der Waals surface area (Å²) in [5.41, 5.74) is 3.33. The molecule has 7 heteroatoms. The minimum atomic E-state index is -1.03. The molecule has 1 aliphatic rings. The summed E-state index contributed by atoms with van der Waals surface area (Å²) in [4.78, 5) is 31.6. The number of aryl methyl sites for hydroxylation is 3. The van der Waals surface area contributed by atoms with Crippen molar-refractivity contribution in [2.45, 2.75) is 45.6 Å². The lowest BCUT2D eigenvalue weighted by Crippen LogP contribution is -2.66. The second-order valence-electron chi connectivity index (χ2n) is 7.74. The number of hydroxylamine groups is 2. The second kappa shape index (κ2) is 9.03. The van der Waals surface area contributed by atoms with Gasteiger partial charge in [0, 0.05) is 27.2 Å². The summed E-state index contributed by atoms with van der Waals surface area (Å²) in [6.07, 6.45) is 1.13. The SMILES string of the molecule is COC(=O)C1(N(C(=O)Cc2c(C)cc(C)cc2C)N(C)C)CCN(OC)CC1. The van der Waals surface area contributed by atoms with Gasteiger partial charge in [-0.3, -0.25) is 9.80 Å². The molecular weight excluding hydrogens is 358 g/mol. The fraction of sp³-hybridized carbons (Fsp3) is 0.619. The minimum absolute atomic E-state index is 0.115. The zero-order chi connectivity index (χ0) is 21.1. The number of hydrogen-bond donors (Lipinski definition) is 0. The summed E-state index contributed by atoms with van der Waals surface area (Å²) < 4.78 is 5.14. The first-order valence-electron chi connectivity index (χ1n) is 9.60. The summed E-state index contributed by atoms with van der Waals surface area (Å²) in [6.45, 7) is 7.19. The number of amides is 1. The molecule has 156 valence electrons. The molecule has 0 aliphatic carbocycles. The Morgan fingerprint density at radius 2 is 1.61 bits per heavy atom. The Hall–Kier alpha value is -1.96. The van der Waals surface area contributed by atoms with Crippen molar-refractivity contribution in [1.29, 1.82) is 0 Å². The van der Waals surface area contributed by atoms with E-state index in [2.05, 4.69) is 12.1 Å². The van der Waals surface area contributed by atoms with Gasteiger partial charge in [0.15, 0.2) is 5.54 Å². The molecule has 1 aromatic carbocycles. The molecule has 1 aliphatic heterocycles. The average Bonchev–Trinajstić information content (AvgIpc) is 2.64. The first-order chi connectivity index (χ1) is 13.2. The standard InChI is InChI=1S/C21H33N3O4/c1-15-12-16(2)18(17(3)13-15)14-19(25)24(22(4)5)21(20(26)27-6)8-10-23(28-7)11-9-21/h12-13H,8-11,14H2,1-7H3. The van der Waals surface area contributed by atoms with Crippen LogP contribution in [0.2, 0.25) is 0 Å². The van der Waals surface area contributed by atoms with Crippen molar-refractivity contribution in [2.24, 2.45) is 0 Å². The number of rotatable bonds is 6. The predicted octanol–water partition coefficient (Wildman–Crippen LogP) is 2.03. The molecule has 7 nitrogen and oxygen atoms in total. The van der Waals surface area contributed by atoms with E-state index in [1.807, 2.05) is 20.8 Å². The van der Waals surface area contributed by atoms with Crippen LogP contribution in [0.5, 0.6) is 0 Å². The lowest BCUT2D eigenvalue weighted by atomic mass is 9.86. The fourth-order valence-electron chi connectivity index (χ4n) is 4.29. The Kier molecular flexibility index (Phi) is 7.20. The molecule has 0 radical (unpaired) electrons. The maximum atomic E-state index is 13.5.